The Morgan fingerprint density at radius 1 is 1.21 bits per heavy atom. The molecular weight excluding hydrogens is 496 g/mol. The van der Waals surface area contributed by atoms with E-state index in [2.05, 4.69) is 13.2 Å². The SMILES string of the molecule is C=CCCOC(=O)[C@@H]1[C@H]2C(=O)N([C@H](C)CO)C(C(=O)N(CC=C)c3ccc4ccccc4c3)C23CC[C@@]1(C)O3. The predicted molar refractivity (Wildman–Crippen MR) is 148 cm³/mol. The number of aliphatic hydroxyl groups is 1. The number of likely N-dealkylation sites (tertiary alicyclic amines) is 1. The van der Waals surface area contributed by atoms with Crippen LogP contribution in [0.5, 0.6) is 0 Å². The number of nitrogens with zero attached hydrogens (tertiary/aromatic N) is 2. The first-order valence-corrected chi connectivity index (χ1v) is 13.5. The second kappa shape index (κ2) is 10.2. The Balaban J connectivity index is 1.57. The third-order valence-electron chi connectivity index (χ3n) is 8.63. The van der Waals surface area contributed by atoms with Gasteiger partial charge in [0.1, 0.15) is 17.6 Å². The molecule has 2 aromatic carbocycles. The minimum absolute atomic E-state index is 0.164. The van der Waals surface area contributed by atoms with Crippen molar-refractivity contribution < 1.29 is 29.0 Å². The van der Waals surface area contributed by atoms with Crippen LogP contribution in [0.15, 0.2) is 67.8 Å². The largest absolute Gasteiger partial charge is 0.465 e. The lowest BCUT2D eigenvalue weighted by atomic mass is 9.66. The normalized spacial score (nSPS) is 29.8. The van der Waals surface area contributed by atoms with Crippen molar-refractivity contribution in [3.8, 4) is 0 Å². The molecule has 0 radical (unpaired) electrons. The summed E-state index contributed by atoms with van der Waals surface area (Å²) in [5.74, 6) is -2.91. The summed E-state index contributed by atoms with van der Waals surface area (Å²) >= 11 is 0. The molecule has 1 spiro atoms. The number of carbonyl (C=O) groups is 3. The molecule has 8 heteroatoms. The van der Waals surface area contributed by atoms with Crippen LogP contribution in [0, 0.1) is 11.8 Å². The zero-order chi connectivity index (χ0) is 27.9. The van der Waals surface area contributed by atoms with Crippen molar-refractivity contribution >= 4 is 34.2 Å². The van der Waals surface area contributed by atoms with E-state index in [-0.39, 0.29) is 31.6 Å². The zero-order valence-electron chi connectivity index (χ0n) is 22.5. The summed E-state index contributed by atoms with van der Waals surface area (Å²) in [6, 6.07) is 12.0. The molecule has 6 atom stereocenters. The van der Waals surface area contributed by atoms with Crippen molar-refractivity contribution in [3.05, 3.63) is 67.8 Å². The fourth-order valence-electron chi connectivity index (χ4n) is 6.84. The molecule has 2 unspecified atom stereocenters. The number of hydrogen-bond acceptors (Lipinski definition) is 6. The number of benzene rings is 2. The van der Waals surface area contributed by atoms with E-state index in [1.165, 1.54) is 4.90 Å². The third-order valence-corrected chi connectivity index (χ3v) is 8.63. The second-order valence-electron chi connectivity index (χ2n) is 11.0. The first-order chi connectivity index (χ1) is 18.7. The van der Waals surface area contributed by atoms with Crippen LogP contribution in [0.4, 0.5) is 5.69 Å². The van der Waals surface area contributed by atoms with Gasteiger partial charge in [0.25, 0.3) is 5.91 Å². The molecule has 3 saturated heterocycles. The quantitative estimate of drug-likeness (QED) is 0.285. The molecule has 2 aromatic rings. The number of esters is 1. The van der Waals surface area contributed by atoms with Crippen molar-refractivity contribution in [2.45, 2.75) is 56.4 Å². The van der Waals surface area contributed by atoms with Gasteiger partial charge in [-0.1, -0.05) is 42.5 Å². The number of rotatable bonds is 10. The summed E-state index contributed by atoms with van der Waals surface area (Å²) in [6.45, 7) is 11.1. The maximum Gasteiger partial charge on any atom is 0.312 e. The molecule has 3 heterocycles. The first kappa shape index (κ1) is 27.1. The molecule has 2 amide bonds. The Hall–Kier alpha value is -3.49. The van der Waals surface area contributed by atoms with Crippen molar-refractivity contribution in [2.75, 3.05) is 24.7 Å². The highest BCUT2D eigenvalue weighted by atomic mass is 16.6. The maximum absolute atomic E-state index is 14.6. The van der Waals surface area contributed by atoms with Gasteiger partial charge >= 0.3 is 5.97 Å². The smallest absolute Gasteiger partial charge is 0.312 e. The average Bonchev–Trinajstić information content (AvgIpc) is 3.51. The Morgan fingerprint density at radius 3 is 2.64 bits per heavy atom. The molecule has 3 fully saturated rings. The highest BCUT2D eigenvalue weighted by Gasteiger charge is 2.79. The van der Waals surface area contributed by atoms with Crippen LogP contribution in [0.1, 0.15) is 33.1 Å². The molecular formula is C31H36N2O6. The molecule has 5 rings (SSSR count). The van der Waals surface area contributed by atoms with Crippen molar-refractivity contribution in [1.82, 2.24) is 4.90 Å². The Bertz CT molecular complexity index is 1330. The summed E-state index contributed by atoms with van der Waals surface area (Å²) in [7, 11) is 0. The topological polar surface area (TPSA) is 96.4 Å². The number of anilines is 1. The van der Waals surface area contributed by atoms with Crippen molar-refractivity contribution in [1.29, 1.82) is 0 Å². The van der Waals surface area contributed by atoms with Gasteiger partial charge in [-0.3, -0.25) is 14.4 Å². The molecule has 0 saturated carbocycles. The van der Waals surface area contributed by atoms with Gasteiger partial charge in [0.2, 0.25) is 5.91 Å². The lowest BCUT2D eigenvalue weighted by Gasteiger charge is -2.38. The maximum atomic E-state index is 14.6. The minimum Gasteiger partial charge on any atom is -0.465 e. The van der Waals surface area contributed by atoms with Crippen LogP contribution in [-0.4, -0.2) is 70.8 Å². The number of fused-ring (bicyclic) bond motifs is 2. The molecule has 8 nitrogen and oxygen atoms in total. The number of hydrogen-bond donors (Lipinski definition) is 1. The van der Waals surface area contributed by atoms with Gasteiger partial charge in [0, 0.05) is 12.2 Å². The molecule has 3 aliphatic rings. The molecule has 1 N–H and O–H groups in total. The second-order valence-corrected chi connectivity index (χ2v) is 11.0. The first-order valence-electron chi connectivity index (χ1n) is 13.5. The zero-order valence-corrected chi connectivity index (χ0v) is 22.5. The van der Waals surface area contributed by atoms with Gasteiger partial charge < -0.3 is 24.4 Å². The van der Waals surface area contributed by atoms with Crippen LogP contribution in [0.2, 0.25) is 0 Å². The van der Waals surface area contributed by atoms with Crippen molar-refractivity contribution in [3.63, 3.8) is 0 Å². The van der Waals surface area contributed by atoms with Gasteiger partial charge in [-0.15, -0.1) is 13.2 Å². The fourth-order valence-corrected chi connectivity index (χ4v) is 6.84. The monoisotopic (exact) mass is 532 g/mol. The van der Waals surface area contributed by atoms with E-state index in [0.717, 1.165) is 10.8 Å². The van der Waals surface area contributed by atoms with E-state index in [0.29, 0.717) is 24.9 Å². The third kappa shape index (κ3) is 4.17. The Labute approximate surface area is 228 Å². The average molecular weight is 533 g/mol. The van der Waals surface area contributed by atoms with Crippen LogP contribution < -0.4 is 4.90 Å². The number of carbonyl (C=O) groups excluding carboxylic acids is 3. The van der Waals surface area contributed by atoms with E-state index >= 15 is 0 Å². The summed E-state index contributed by atoms with van der Waals surface area (Å²) in [5, 5.41) is 12.1. The van der Waals surface area contributed by atoms with Gasteiger partial charge in [0.15, 0.2) is 0 Å². The molecule has 3 aliphatic heterocycles. The van der Waals surface area contributed by atoms with Gasteiger partial charge in [-0.25, -0.2) is 0 Å². The molecule has 0 aliphatic carbocycles. The van der Waals surface area contributed by atoms with E-state index in [1.807, 2.05) is 49.4 Å². The summed E-state index contributed by atoms with van der Waals surface area (Å²) < 4.78 is 12.2. The van der Waals surface area contributed by atoms with E-state index in [9.17, 15) is 19.5 Å². The summed E-state index contributed by atoms with van der Waals surface area (Å²) in [5.41, 5.74) is -1.46. The predicted octanol–water partition coefficient (Wildman–Crippen LogP) is 3.62. The Morgan fingerprint density at radius 2 is 1.95 bits per heavy atom. The van der Waals surface area contributed by atoms with Crippen LogP contribution in [-0.2, 0) is 23.9 Å². The lowest BCUT2D eigenvalue weighted by molar-refractivity contribution is -0.160. The lowest BCUT2D eigenvalue weighted by Crippen LogP contribution is -2.58. The van der Waals surface area contributed by atoms with Gasteiger partial charge in [-0.2, -0.15) is 0 Å². The van der Waals surface area contributed by atoms with Gasteiger partial charge in [-0.05, 0) is 56.0 Å². The minimum atomic E-state index is -1.20. The molecule has 39 heavy (non-hydrogen) atoms. The highest BCUT2D eigenvalue weighted by Crippen LogP contribution is 2.63. The Kier molecular flexibility index (Phi) is 7.11. The van der Waals surface area contributed by atoms with E-state index < -0.39 is 41.1 Å². The fraction of sp³-hybridized carbons (Fsp3) is 0.452. The molecule has 2 bridgehead atoms. The molecule has 0 aromatic heterocycles. The van der Waals surface area contributed by atoms with Crippen molar-refractivity contribution in [2.24, 2.45) is 11.8 Å². The van der Waals surface area contributed by atoms with Gasteiger partial charge in [0.05, 0.1) is 30.8 Å². The number of ether oxygens (including phenoxy) is 2. The number of amides is 2. The number of aliphatic hydroxyl groups excluding tert-OH is 1. The van der Waals surface area contributed by atoms with Crippen LogP contribution in [0.3, 0.4) is 0 Å². The summed E-state index contributed by atoms with van der Waals surface area (Å²) in [6.07, 6.45) is 4.76. The standard InChI is InChI=1S/C31H36N2O6/c1-5-7-17-38-29(37)25-24-27(35)33(20(3)19-34)26(31(24)15-14-30(25,4)39-31)28(36)32(16-6-2)23-13-12-21-10-8-9-11-22(21)18-23/h5-6,8-13,18,20,24-26,34H,1-2,7,14-17,19H2,3-4H3/t20-,24+,25+,26?,30-,31?/m1/s1. The summed E-state index contributed by atoms with van der Waals surface area (Å²) in [4.78, 5) is 45.0. The van der Waals surface area contributed by atoms with E-state index in [4.69, 9.17) is 9.47 Å². The highest BCUT2D eigenvalue weighted by molar-refractivity contribution is 6.05. The van der Waals surface area contributed by atoms with Crippen LogP contribution in [0.25, 0.3) is 10.8 Å². The van der Waals surface area contributed by atoms with Crippen LogP contribution >= 0.6 is 0 Å². The van der Waals surface area contributed by atoms with E-state index in [1.54, 1.807) is 24.0 Å². The molecule has 206 valence electrons.